The molecular formula is C15H13ClN4O2S. The number of carbonyl (C=O) groups is 1. The number of thiazole rings is 1. The standard InChI is InChI=1S/C15H13ClN4O2S/c1-9-18-12(8-23-9)15(21)17-7-6-13-19-14(20-22-13)10-2-4-11(16)5-3-10/h2-5,8H,6-7H2,1H3,(H,17,21). The second-order valence-corrected chi connectivity index (χ2v) is 6.27. The van der Waals surface area contributed by atoms with Crippen molar-refractivity contribution in [2.24, 2.45) is 0 Å². The third kappa shape index (κ3) is 3.94. The molecular weight excluding hydrogens is 336 g/mol. The molecule has 0 aliphatic rings. The fourth-order valence-corrected chi connectivity index (χ4v) is 2.63. The molecule has 118 valence electrons. The average molecular weight is 349 g/mol. The number of carbonyl (C=O) groups excluding carboxylic acids is 1. The molecule has 0 saturated heterocycles. The van der Waals surface area contributed by atoms with Gasteiger partial charge in [0.25, 0.3) is 5.91 Å². The summed E-state index contributed by atoms with van der Waals surface area (Å²) in [6, 6.07) is 7.18. The molecule has 0 aliphatic heterocycles. The van der Waals surface area contributed by atoms with Gasteiger partial charge < -0.3 is 9.84 Å². The molecule has 1 aromatic carbocycles. The molecule has 0 spiro atoms. The zero-order valence-electron chi connectivity index (χ0n) is 12.2. The van der Waals surface area contributed by atoms with Crippen molar-refractivity contribution >= 4 is 28.8 Å². The van der Waals surface area contributed by atoms with Crippen LogP contribution in [0.3, 0.4) is 0 Å². The van der Waals surface area contributed by atoms with Crippen molar-refractivity contribution in [2.45, 2.75) is 13.3 Å². The Morgan fingerprint density at radius 2 is 2.09 bits per heavy atom. The first-order chi connectivity index (χ1) is 11.1. The summed E-state index contributed by atoms with van der Waals surface area (Å²) >= 11 is 7.29. The number of nitrogens with zero attached hydrogens (tertiary/aromatic N) is 3. The van der Waals surface area contributed by atoms with Gasteiger partial charge in [0.05, 0.1) is 5.01 Å². The normalized spacial score (nSPS) is 10.7. The summed E-state index contributed by atoms with van der Waals surface area (Å²) in [5, 5.41) is 9.94. The molecule has 0 saturated carbocycles. The molecule has 6 nitrogen and oxygen atoms in total. The highest BCUT2D eigenvalue weighted by Gasteiger charge is 2.11. The molecule has 3 rings (SSSR count). The second kappa shape index (κ2) is 6.89. The van der Waals surface area contributed by atoms with Crippen molar-refractivity contribution in [3.63, 3.8) is 0 Å². The zero-order chi connectivity index (χ0) is 16.2. The van der Waals surface area contributed by atoms with Crippen LogP contribution in [0.25, 0.3) is 11.4 Å². The second-order valence-electron chi connectivity index (χ2n) is 4.78. The monoisotopic (exact) mass is 348 g/mol. The Labute approximate surface area is 141 Å². The van der Waals surface area contributed by atoms with Crippen molar-refractivity contribution in [3.05, 3.63) is 51.3 Å². The number of hydrogen-bond acceptors (Lipinski definition) is 6. The number of benzene rings is 1. The Balaban J connectivity index is 1.55. The number of nitrogens with one attached hydrogen (secondary N) is 1. The van der Waals surface area contributed by atoms with E-state index in [9.17, 15) is 4.79 Å². The number of aryl methyl sites for hydroxylation is 1. The summed E-state index contributed by atoms with van der Waals surface area (Å²) < 4.78 is 5.18. The number of hydrogen-bond donors (Lipinski definition) is 1. The lowest BCUT2D eigenvalue weighted by molar-refractivity contribution is 0.0949. The zero-order valence-corrected chi connectivity index (χ0v) is 13.8. The fraction of sp³-hybridized carbons (Fsp3) is 0.200. The molecule has 1 N–H and O–H groups in total. The summed E-state index contributed by atoms with van der Waals surface area (Å²) in [5.41, 5.74) is 1.26. The van der Waals surface area contributed by atoms with Gasteiger partial charge in [0.15, 0.2) is 0 Å². The molecule has 23 heavy (non-hydrogen) atoms. The van der Waals surface area contributed by atoms with Gasteiger partial charge in [-0.05, 0) is 31.2 Å². The van der Waals surface area contributed by atoms with Crippen LogP contribution in [0.15, 0.2) is 34.2 Å². The highest BCUT2D eigenvalue weighted by atomic mass is 35.5. The molecule has 1 amide bonds. The van der Waals surface area contributed by atoms with E-state index in [-0.39, 0.29) is 5.91 Å². The van der Waals surface area contributed by atoms with E-state index in [4.69, 9.17) is 16.1 Å². The summed E-state index contributed by atoms with van der Waals surface area (Å²) in [7, 11) is 0. The topological polar surface area (TPSA) is 80.9 Å². The van der Waals surface area contributed by atoms with Crippen LogP contribution in [0.2, 0.25) is 5.02 Å². The fourth-order valence-electron chi connectivity index (χ4n) is 1.91. The third-order valence-corrected chi connectivity index (χ3v) is 4.07. The lowest BCUT2D eigenvalue weighted by Gasteiger charge is -1.99. The Bertz CT molecular complexity index is 813. The van der Waals surface area contributed by atoms with E-state index in [0.717, 1.165) is 10.6 Å². The Morgan fingerprint density at radius 3 is 2.78 bits per heavy atom. The van der Waals surface area contributed by atoms with Crippen LogP contribution in [-0.4, -0.2) is 27.6 Å². The molecule has 3 aromatic rings. The van der Waals surface area contributed by atoms with Crippen LogP contribution < -0.4 is 5.32 Å². The molecule has 0 radical (unpaired) electrons. The molecule has 0 atom stereocenters. The smallest absolute Gasteiger partial charge is 0.270 e. The number of rotatable bonds is 5. The number of halogens is 1. The predicted molar refractivity (Wildman–Crippen MR) is 87.6 cm³/mol. The highest BCUT2D eigenvalue weighted by Crippen LogP contribution is 2.18. The van der Waals surface area contributed by atoms with E-state index in [1.165, 1.54) is 11.3 Å². The summed E-state index contributed by atoms with van der Waals surface area (Å²) in [6.45, 7) is 2.26. The van der Waals surface area contributed by atoms with E-state index in [1.54, 1.807) is 17.5 Å². The van der Waals surface area contributed by atoms with Crippen molar-refractivity contribution in [1.29, 1.82) is 0 Å². The maximum Gasteiger partial charge on any atom is 0.270 e. The maximum atomic E-state index is 11.9. The largest absolute Gasteiger partial charge is 0.350 e. The Kier molecular flexibility index (Phi) is 4.68. The minimum atomic E-state index is -0.202. The molecule has 0 aliphatic carbocycles. The lowest BCUT2D eigenvalue weighted by Crippen LogP contribution is -2.26. The van der Waals surface area contributed by atoms with Crippen LogP contribution in [0.4, 0.5) is 0 Å². The van der Waals surface area contributed by atoms with Gasteiger partial charge in [-0.2, -0.15) is 4.98 Å². The SMILES string of the molecule is Cc1nc(C(=O)NCCc2nc(-c3ccc(Cl)cc3)no2)cs1. The Morgan fingerprint density at radius 1 is 1.30 bits per heavy atom. The van der Waals surface area contributed by atoms with Gasteiger partial charge in [0, 0.05) is 28.9 Å². The van der Waals surface area contributed by atoms with Gasteiger partial charge in [0.2, 0.25) is 11.7 Å². The predicted octanol–water partition coefficient (Wildman–Crippen LogP) is 3.13. The van der Waals surface area contributed by atoms with Gasteiger partial charge in [0.1, 0.15) is 5.69 Å². The van der Waals surface area contributed by atoms with Gasteiger partial charge in [-0.15, -0.1) is 11.3 Å². The van der Waals surface area contributed by atoms with E-state index >= 15 is 0 Å². The lowest BCUT2D eigenvalue weighted by atomic mass is 10.2. The molecule has 0 bridgehead atoms. The summed E-state index contributed by atoms with van der Waals surface area (Å²) in [4.78, 5) is 20.3. The van der Waals surface area contributed by atoms with Crippen molar-refractivity contribution in [1.82, 2.24) is 20.4 Å². The third-order valence-electron chi connectivity index (χ3n) is 3.05. The molecule has 2 aromatic heterocycles. The van der Waals surface area contributed by atoms with Crippen molar-refractivity contribution < 1.29 is 9.32 Å². The van der Waals surface area contributed by atoms with Crippen molar-refractivity contribution in [3.8, 4) is 11.4 Å². The Hall–Kier alpha value is -2.25. The number of amides is 1. The minimum Gasteiger partial charge on any atom is -0.350 e. The first kappa shape index (κ1) is 15.6. The van der Waals surface area contributed by atoms with Gasteiger partial charge in [-0.3, -0.25) is 4.79 Å². The maximum absolute atomic E-state index is 11.9. The first-order valence-electron chi connectivity index (χ1n) is 6.90. The van der Waals surface area contributed by atoms with E-state index in [0.29, 0.717) is 35.4 Å². The minimum absolute atomic E-state index is 0.202. The van der Waals surface area contributed by atoms with E-state index in [2.05, 4.69) is 20.4 Å². The van der Waals surface area contributed by atoms with E-state index < -0.39 is 0 Å². The molecule has 2 heterocycles. The van der Waals surface area contributed by atoms with Crippen LogP contribution in [0.5, 0.6) is 0 Å². The van der Waals surface area contributed by atoms with Gasteiger partial charge in [-0.1, -0.05) is 16.8 Å². The average Bonchev–Trinajstić information content (AvgIpc) is 3.17. The summed E-state index contributed by atoms with van der Waals surface area (Å²) in [6.07, 6.45) is 0.454. The van der Waals surface area contributed by atoms with Crippen LogP contribution in [0.1, 0.15) is 21.4 Å². The highest BCUT2D eigenvalue weighted by molar-refractivity contribution is 7.09. The van der Waals surface area contributed by atoms with Crippen LogP contribution in [0, 0.1) is 6.92 Å². The van der Waals surface area contributed by atoms with E-state index in [1.807, 2.05) is 19.1 Å². The molecule has 0 fully saturated rings. The quantitative estimate of drug-likeness (QED) is 0.766. The van der Waals surface area contributed by atoms with Gasteiger partial charge >= 0.3 is 0 Å². The van der Waals surface area contributed by atoms with Crippen molar-refractivity contribution in [2.75, 3.05) is 6.54 Å². The van der Waals surface area contributed by atoms with Crippen LogP contribution >= 0.6 is 22.9 Å². The molecule has 0 unspecified atom stereocenters. The molecule has 8 heteroatoms. The number of aromatic nitrogens is 3. The first-order valence-corrected chi connectivity index (χ1v) is 8.16. The van der Waals surface area contributed by atoms with Gasteiger partial charge in [-0.25, -0.2) is 4.98 Å². The summed E-state index contributed by atoms with van der Waals surface area (Å²) in [5.74, 6) is 0.759. The van der Waals surface area contributed by atoms with Crippen LogP contribution in [-0.2, 0) is 6.42 Å².